The van der Waals surface area contributed by atoms with E-state index in [0.29, 0.717) is 5.05 Å². The average molecular weight is 218 g/mol. The van der Waals surface area contributed by atoms with Crippen molar-refractivity contribution in [2.75, 3.05) is 6.61 Å². The zero-order valence-electron chi connectivity index (χ0n) is 8.97. The molecule has 0 aliphatic heterocycles. The third-order valence-electron chi connectivity index (χ3n) is 2.05. The molecule has 0 amide bonds. The van der Waals surface area contributed by atoms with Gasteiger partial charge in [-0.2, -0.15) is 0 Å². The Morgan fingerprint density at radius 1 is 1.08 bits per heavy atom. The highest BCUT2D eigenvalue weighted by molar-refractivity contribution is 7.80. The monoisotopic (exact) mass is 218 g/mol. The summed E-state index contributed by atoms with van der Waals surface area (Å²) < 4.78 is 5.21. The number of ether oxygens (including phenoxy) is 1. The highest BCUT2D eigenvalue weighted by Crippen LogP contribution is 2.06. The summed E-state index contributed by atoms with van der Waals surface area (Å²) in [6.45, 7) is 2.65. The molecule has 78 valence electrons. The van der Waals surface area contributed by atoms with E-state index in [1.54, 1.807) is 0 Å². The fourth-order valence-corrected chi connectivity index (χ4v) is 1.86. The fourth-order valence-electron chi connectivity index (χ4n) is 1.28. The standard InChI is InChI=1S/C10H22OSSi/c1-10(12)11-8-6-4-2-3-5-7-9-13/h2-9H2,1,13H3. The van der Waals surface area contributed by atoms with Crippen LogP contribution in [0.1, 0.15) is 45.4 Å². The predicted octanol–water partition coefficient (Wildman–Crippen LogP) is 2.47. The molecule has 0 rings (SSSR count). The van der Waals surface area contributed by atoms with Crippen LogP contribution in [0.5, 0.6) is 0 Å². The van der Waals surface area contributed by atoms with Crippen molar-refractivity contribution in [3.63, 3.8) is 0 Å². The second-order valence-corrected chi connectivity index (χ2v) is 5.04. The fraction of sp³-hybridized carbons (Fsp3) is 0.900. The number of thiocarbonyl (C=S) groups is 1. The molecule has 0 aliphatic rings. The van der Waals surface area contributed by atoms with Crippen LogP contribution < -0.4 is 0 Å². The van der Waals surface area contributed by atoms with Crippen LogP contribution in [0.25, 0.3) is 0 Å². The number of hydrogen-bond donors (Lipinski definition) is 0. The molecule has 0 aromatic carbocycles. The van der Waals surface area contributed by atoms with E-state index in [1.165, 1.54) is 48.4 Å². The third-order valence-corrected chi connectivity index (χ3v) is 2.88. The summed E-state index contributed by atoms with van der Waals surface area (Å²) in [5.74, 6) is 0. The van der Waals surface area contributed by atoms with Gasteiger partial charge in [0.1, 0.15) is 0 Å². The first kappa shape index (κ1) is 13.1. The highest BCUT2D eigenvalue weighted by atomic mass is 32.1. The molecule has 0 N–H and O–H groups in total. The van der Waals surface area contributed by atoms with Crippen LogP contribution in [0.3, 0.4) is 0 Å². The van der Waals surface area contributed by atoms with Crippen LogP contribution in [0, 0.1) is 0 Å². The molecule has 1 nitrogen and oxygen atoms in total. The van der Waals surface area contributed by atoms with Crippen molar-refractivity contribution in [1.82, 2.24) is 0 Å². The van der Waals surface area contributed by atoms with E-state index in [2.05, 4.69) is 0 Å². The van der Waals surface area contributed by atoms with E-state index in [9.17, 15) is 0 Å². The van der Waals surface area contributed by atoms with Gasteiger partial charge in [0.05, 0.1) is 6.61 Å². The lowest BCUT2D eigenvalue weighted by Gasteiger charge is -2.03. The van der Waals surface area contributed by atoms with Crippen molar-refractivity contribution < 1.29 is 4.74 Å². The van der Waals surface area contributed by atoms with Crippen LogP contribution in [-0.2, 0) is 4.74 Å². The van der Waals surface area contributed by atoms with Gasteiger partial charge in [0, 0.05) is 17.2 Å². The van der Waals surface area contributed by atoms with E-state index >= 15 is 0 Å². The van der Waals surface area contributed by atoms with Crippen LogP contribution in [0.15, 0.2) is 0 Å². The van der Waals surface area contributed by atoms with Gasteiger partial charge in [-0.1, -0.05) is 38.1 Å². The topological polar surface area (TPSA) is 9.23 Å². The minimum absolute atomic E-state index is 0.677. The van der Waals surface area contributed by atoms with Gasteiger partial charge in [-0.15, -0.1) is 0 Å². The molecule has 0 saturated heterocycles. The normalized spacial score (nSPS) is 10.2. The molecule has 13 heavy (non-hydrogen) atoms. The Hall–Kier alpha value is 0.107. The summed E-state index contributed by atoms with van der Waals surface area (Å²) >= 11 is 4.81. The van der Waals surface area contributed by atoms with Gasteiger partial charge in [0.25, 0.3) is 0 Å². The second kappa shape index (κ2) is 10.2. The summed E-state index contributed by atoms with van der Waals surface area (Å²) in [5.41, 5.74) is 0. The maximum Gasteiger partial charge on any atom is 0.156 e. The lowest BCUT2D eigenvalue weighted by atomic mass is 10.1. The predicted molar refractivity (Wildman–Crippen MR) is 66.7 cm³/mol. The third kappa shape index (κ3) is 12.1. The van der Waals surface area contributed by atoms with Crippen molar-refractivity contribution in [3.8, 4) is 0 Å². The van der Waals surface area contributed by atoms with Gasteiger partial charge < -0.3 is 4.74 Å². The molecule has 0 radical (unpaired) electrons. The minimum atomic E-state index is 0.677. The largest absolute Gasteiger partial charge is 0.487 e. The lowest BCUT2D eigenvalue weighted by molar-refractivity contribution is 0.297. The molecule has 0 spiro atoms. The van der Waals surface area contributed by atoms with Gasteiger partial charge in [-0.25, -0.2) is 0 Å². The Bertz CT molecular complexity index is 128. The molecule has 0 heterocycles. The Morgan fingerprint density at radius 2 is 1.62 bits per heavy atom. The van der Waals surface area contributed by atoms with Crippen molar-refractivity contribution in [1.29, 1.82) is 0 Å². The SMILES string of the molecule is CC(=S)OCCCCCCCC[SiH3]. The summed E-state index contributed by atoms with van der Waals surface area (Å²) in [4.78, 5) is 0. The zero-order chi connectivity index (χ0) is 9.94. The van der Waals surface area contributed by atoms with Crippen LogP contribution in [-0.4, -0.2) is 21.9 Å². The number of hydrogen-bond acceptors (Lipinski definition) is 2. The molecule has 0 unspecified atom stereocenters. The summed E-state index contributed by atoms with van der Waals surface area (Å²) in [7, 11) is 1.37. The second-order valence-electron chi connectivity index (χ2n) is 3.46. The Balaban J connectivity index is 2.87. The first-order chi connectivity index (χ1) is 6.27. The highest BCUT2D eigenvalue weighted by Gasteiger charge is 1.91. The molecular formula is C10H22OSSi. The van der Waals surface area contributed by atoms with Gasteiger partial charge in [-0.3, -0.25) is 0 Å². The first-order valence-corrected chi connectivity index (χ1v) is 7.23. The Labute approximate surface area is 90.7 Å². The van der Waals surface area contributed by atoms with Gasteiger partial charge in [0.15, 0.2) is 5.05 Å². The van der Waals surface area contributed by atoms with E-state index < -0.39 is 0 Å². The van der Waals surface area contributed by atoms with E-state index in [0.717, 1.165) is 13.0 Å². The maximum absolute atomic E-state index is 5.21. The molecule has 0 aromatic rings. The molecule has 0 saturated carbocycles. The number of rotatable bonds is 8. The van der Waals surface area contributed by atoms with Crippen LogP contribution in [0.2, 0.25) is 6.04 Å². The van der Waals surface area contributed by atoms with E-state index in [-0.39, 0.29) is 0 Å². The smallest absolute Gasteiger partial charge is 0.156 e. The summed E-state index contributed by atoms with van der Waals surface area (Å²) in [6, 6.07) is 1.47. The van der Waals surface area contributed by atoms with Crippen molar-refractivity contribution in [2.24, 2.45) is 0 Å². The van der Waals surface area contributed by atoms with Crippen molar-refractivity contribution in [3.05, 3.63) is 0 Å². The van der Waals surface area contributed by atoms with Crippen molar-refractivity contribution >= 4 is 27.5 Å². The minimum Gasteiger partial charge on any atom is -0.487 e. The van der Waals surface area contributed by atoms with Gasteiger partial charge in [0.2, 0.25) is 0 Å². The molecular weight excluding hydrogens is 196 g/mol. The summed E-state index contributed by atoms with van der Waals surface area (Å²) in [6.07, 6.45) is 8.09. The van der Waals surface area contributed by atoms with Crippen LogP contribution >= 0.6 is 12.2 Å². The Morgan fingerprint density at radius 3 is 2.15 bits per heavy atom. The molecule has 3 heteroatoms. The molecule has 0 aliphatic carbocycles. The molecule has 0 fully saturated rings. The first-order valence-electron chi connectivity index (χ1n) is 5.40. The van der Waals surface area contributed by atoms with E-state index in [1.807, 2.05) is 6.92 Å². The molecule has 0 atom stereocenters. The Kier molecular flexibility index (Phi) is 10.3. The van der Waals surface area contributed by atoms with Crippen LogP contribution in [0.4, 0.5) is 0 Å². The molecule has 0 bridgehead atoms. The summed E-state index contributed by atoms with van der Waals surface area (Å²) in [5, 5.41) is 0.677. The molecule has 0 aromatic heterocycles. The van der Waals surface area contributed by atoms with E-state index in [4.69, 9.17) is 17.0 Å². The number of unbranched alkanes of at least 4 members (excludes halogenated alkanes) is 5. The lowest BCUT2D eigenvalue weighted by Crippen LogP contribution is -1.97. The quantitative estimate of drug-likeness (QED) is 0.352. The zero-order valence-corrected chi connectivity index (χ0v) is 11.8. The van der Waals surface area contributed by atoms with Gasteiger partial charge >= 0.3 is 0 Å². The van der Waals surface area contributed by atoms with Crippen molar-refractivity contribution in [2.45, 2.75) is 51.5 Å². The maximum atomic E-state index is 5.21. The average Bonchev–Trinajstić information content (AvgIpc) is 2.09. The van der Waals surface area contributed by atoms with Gasteiger partial charge in [-0.05, 0) is 18.6 Å².